The monoisotopic (exact) mass is 341 g/mol. The molecule has 0 aliphatic heterocycles. The third-order valence-corrected chi connectivity index (χ3v) is 4.98. The van der Waals surface area contributed by atoms with Gasteiger partial charge in [-0.05, 0) is 65.3 Å². The van der Waals surface area contributed by atoms with Crippen LogP contribution in [0.15, 0.2) is 16.6 Å². The molecule has 0 bridgehead atoms. The first-order valence-corrected chi connectivity index (χ1v) is 8.13. The molecule has 0 saturated heterocycles. The predicted molar refractivity (Wildman–Crippen MR) is 85.9 cm³/mol. The van der Waals surface area contributed by atoms with Gasteiger partial charge in [-0.3, -0.25) is 0 Å². The fraction of sp³-hybridized carbons (Fsp3) is 0.625. The summed E-state index contributed by atoms with van der Waals surface area (Å²) in [7, 11) is 3.42. The number of methoxy groups -OCH3 is 2. The van der Waals surface area contributed by atoms with Gasteiger partial charge in [0.15, 0.2) is 0 Å². The quantitative estimate of drug-likeness (QED) is 0.849. The number of nitrogens with one attached hydrogen (secondary N) is 1. The average Bonchev–Trinajstić information content (AvgIpc) is 2.92. The normalized spacial score (nSPS) is 22.0. The fourth-order valence-electron chi connectivity index (χ4n) is 3.23. The maximum Gasteiger partial charge on any atom is 0.140 e. The SMILES string of the molecule is CCNCC1CCCC1c1ccc(OC)c(Br)c1OC. The van der Waals surface area contributed by atoms with Crippen LogP contribution in [0.3, 0.4) is 0 Å². The van der Waals surface area contributed by atoms with Gasteiger partial charge in [0.2, 0.25) is 0 Å². The van der Waals surface area contributed by atoms with Gasteiger partial charge in [0.1, 0.15) is 16.0 Å². The smallest absolute Gasteiger partial charge is 0.140 e. The Bertz CT molecular complexity index is 450. The van der Waals surface area contributed by atoms with Crippen LogP contribution >= 0.6 is 15.9 Å². The zero-order valence-electron chi connectivity index (χ0n) is 12.5. The third-order valence-electron chi connectivity index (χ3n) is 4.23. The molecule has 2 atom stereocenters. The molecule has 0 amide bonds. The second-order valence-corrected chi connectivity index (χ2v) is 6.10. The van der Waals surface area contributed by atoms with Crippen LogP contribution in [0.5, 0.6) is 11.5 Å². The van der Waals surface area contributed by atoms with E-state index in [0.29, 0.717) is 11.8 Å². The molecule has 3 nitrogen and oxygen atoms in total. The van der Waals surface area contributed by atoms with Crippen LogP contribution in [0.4, 0.5) is 0 Å². The van der Waals surface area contributed by atoms with Crippen molar-refractivity contribution in [2.24, 2.45) is 5.92 Å². The van der Waals surface area contributed by atoms with Gasteiger partial charge >= 0.3 is 0 Å². The minimum absolute atomic E-state index is 0.575. The second-order valence-electron chi connectivity index (χ2n) is 5.31. The van der Waals surface area contributed by atoms with E-state index in [0.717, 1.165) is 29.1 Å². The molecule has 1 fully saturated rings. The van der Waals surface area contributed by atoms with Gasteiger partial charge in [0.25, 0.3) is 0 Å². The Labute approximate surface area is 130 Å². The fourth-order valence-corrected chi connectivity index (χ4v) is 3.92. The zero-order chi connectivity index (χ0) is 14.5. The summed E-state index contributed by atoms with van der Waals surface area (Å²) < 4.78 is 11.9. The van der Waals surface area contributed by atoms with Gasteiger partial charge in [-0.25, -0.2) is 0 Å². The minimum Gasteiger partial charge on any atom is -0.495 e. The maximum absolute atomic E-state index is 5.64. The standard InChI is InChI=1S/C16H24BrNO2/c1-4-18-10-11-6-5-7-12(11)13-8-9-14(19-2)15(17)16(13)20-3/h8-9,11-12,18H,4-7,10H2,1-3H3. The number of hydrogen-bond acceptors (Lipinski definition) is 3. The van der Waals surface area contributed by atoms with Crippen LogP contribution in [0.2, 0.25) is 0 Å². The molecule has 0 spiro atoms. The first-order chi connectivity index (χ1) is 9.72. The summed E-state index contributed by atoms with van der Waals surface area (Å²) in [6, 6.07) is 4.20. The van der Waals surface area contributed by atoms with E-state index in [4.69, 9.17) is 9.47 Å². The zero-order valence-corrected chi connectivity index (χ0v) is 14.1. The van der Waals surface area contributed by atoms with Crippen LogP contribution in [0, 0.1) is 5.92 Å². The molecule has 20 heavy (non-hydrogen) atoms. The molecule has 2 rings (SSSR count). The number of halogens is 1. The van der Waals surface area contributed by atoms with Gasteiger partial charge in [-0.2, -0.15) is 0 Å². The third kappa shape index (κ3) is 3.12. The molecule has 2 unspecified atom stereocenters. The Morgan fingerprint density at radius 2 is 2.05 bits per heavy atom. The summed E-state index contributed by atoms with van der Waals surface area (Å²) in [5, 5.41) is 3.49. The van der Waals surface area contributed by atoms with Crippen molar-refractivity contribution in [1.82, 2.24) is 5.32 Å². The summed E-state index contributed by atoms with van der Waals surface area (Å²) in [5.41, 5.74) is 1.31. The van der Waals surface area contributed by atoms with Crippen LogP contribution < -0.4 is 14.8 Å². The molecule has 1 N–H and O–H groups in total. The Hall–Kier alpha value is -0.740. The Kier molecular flexibility index (Phi) is 5.73. The van der Waals surface area contributed by atoms with Gasteiger partial charge in [-0.15, -0.1) is 0 Å². The lowest BCUT2D eigenvalue weighted by Crippen LogP contribution is -2.24. The number of ether oxygens (including phenoxy) is 2. The van der Waals surface area contributed by atoms with Crippen LogP contribution in [-0.2, 0) is 0 Å². The van der Waals surface area contributed by atoms with Gasteiger partial charge in [-0.1, -0.05) is 19.4 Å². The molecule has 1 saturated carbocycles. The molecule has 4 heteroatoms. The van der Waals surface area contributed by atoms with Crippen molar-refractivity contribution < 1.29 is 9.47 Å². The van der Waals surface area contributed by atoms with E-state index in [1.165, 1.54) is 24.8 Å². The highest BCUT2D eigenvalue weighted by Crippen LogP contribution is 2.47. The van der Waals surface area contributed by atoms with Gasteiger partial charge < -0.3 is 14.8 Å². The van der Waals surface area contributed by atoms with E-state index < -0.39 is 0 Å². The highest BCUT2D eigenvalue weighted by atomic mass is 79.9. The summed E-state index contributed by atoms with van der Waals surface area (Å²) in [6.45, 7) is 4.29. The van der Waals surface area contributed by atoms with Crippen molar-refractivity contribution in [3.63, 3.8) is 0 Å². The average molecular weight is 342 g/mol. The number of benzene rings is 1. The molecule has 1 aliphatic carbocycles. The van der Waals surface area contributed by atoms with Crippen LogP contribution in [0.25, 0.3) is 0 Å². The lowest BCUT2D eigenvalue weighted by Gasteiger charge is -2.23. The van der Waals surface area contributed by atoms with Crippen molar-refractivity contribution in [2.75, 3.05) is 27.3 Å². The molecule has 1 aromatic rings. The number of rotatable bonds is 6. The molecule has 0 aromatic heterocycles. The van der Waals surface area contributed by atoms with E-state index in [1.54, 1.807) is 14.2 Å². The van der Waals surface area contributed by atoms with Crippen molar-refractivity contribution in [3.8, 4) is 11.5 Å². The lowest BCUT2D eigenvalue weighted by molar-refractivity contribution is 0.374. The van der Waals surface area contributed by atoms with Crippen molar-refractivity contribution in [3.05, 3.63) is 22.2 Å². The highest BCUT2D eigenvalue weighted by molar-refractivity contribution is 9.10. The second kappa shape index (κ2) is 7.32. The molecule has 0 radical (unpaired) electrons. The van der Waals surface area contributed by atoms with Crippen LogP contribution in [-0.4, -0.2) is 27.3 Å². The van der Waals surface area contributed by atoms with E-state index in [2.05, 4.69) is 34.2 Å². The summed E-state index contributed by atoms with van der Waals surface area (Å²) in [6.07, 6.45) is 3.84. The number of hydrogen-bond donors (Lipinski definition) is 1. The van der Waals surface area contributed by atoms with Gasteiger partial charge in [0, 0.05) is 0 Å². The van der Waals surface area contributed by atoms with Crippen LogP contribution in [0.1, 0.15) is 37.7 Å². The van der Waals surface area contributed by atoms with E-state index >= 15 is 0 Å². The summed E-state index contributed by atoms with van der Waals surface area (Å²) >= 11 is 3.61. The van der Waals surface area contributed by atoms with Crippen molar-refractivity contribution >= 4 is 15.9 Å². The molecule has 1 aliphatic rings. The maximum atomic E-state index is 5.64. The van der Waals surface area contributed by atoms with E-state index in [1.807, 2.05) is 6.07 Å². The van der Waals surface area contributed by atoms with Crippen molar-refractivity contribution in [2.45, 2.75) is 32.1 Å². The molecule has 112 valence electrons. The highest BCUT2D eigenvalue weighted by Gasteiger charge is 2.31. The topological polar surface area (TPSA) is 30.5 Å². The lowest BCUT2D eigenvalue weighted by atomic mass is 9.88. The minimum atomic E-state index is 0.575. The first-order valence-electron chi connectivity index (χ1n) is 7.34. The Balaban J connectivity index is 2.29. The van der Waals surface area contributed by atoms with E-state index in [-0.39, 0.29) is 0 Å². The predicted octanol–water partition coefficient (Wildman–Crippen LogP) is 3.96. The van der Waals surface area contributed by atoms with Crippen molar-refractivity contribution in [1.29, 1.82) is 0 Å². The largest absolute Gasteiger partial charge is 0.495 e. The molecule has 1 aromatic carbocycles. The molecule has 0 heterocycles. The molecular weight excluding hydrogens is 318 g/mol. The summed E-state index contributed by atoms with van der Waals surface area (Å²) in [4.78, 5) is 0. The molecular formula is C16H24BrNO2. The van der Waals surface area contributed by atoms with E-state index in [9.17, 15) is 0 Å². The Morgan fingerprint density at radius 1 is 1.25 bits per heavy atom. The summed E-state index contributed by atoms with van der Waals surface area (Å²) in [5.74, 6) is 3.03. The Morgan fingerprint density at radius 3 is 2.70 bits per heavy atom. The first kappa shape index (κ1) is 15.6. The van der Waals surface area contributed by atoms with Gasteiger partial charge in [0.05, 0.1) is 14.2 Å².